The molecule has 1 aliphatic carbocycles. The van der Waals surface area contributed by atoms with Crippen molar-refractivity contribution in [3.63, 3.8) is 0 Å². The molecule has 6 heterocycles. The fraction of sp³-hybridized carbons (Fsp3) is 0.396. The van der Waals surface area contributed by atoms with Gasteiger partial charge in [0.05, 0.1) is 33.1 Å². The topological polar surface area (TPSA) is 143 Å². The van der Waals surface area contributed by atoms with Crippen LogP contribution in [0.1, 0.15) is 59.5 Å². The van der Waals surface area contributed by atoms with Crippen molar-refractivity contribution in [2.24, 2.45) is 0 Å². The minimum Gasteiger partial charge on any atom is -0.487 e. The first-order valence-electron chi connectivity index (χ1n) is 21.6. The third-order valence-corrected chi connectivity index (χ3v) is 15.0. The Kier molecular flexibility index (Phi) is 12.8. The van der Waals surface area contributed by atoms with E-state index in [9.17, 15) is 19.4 Å². The molecule has 2 N–H and O–H groups in total. The maximum absolute atomic E-state index is 14.4. The Labute approximate surface area is 385 Å². The number of benzene rings is 3. The Hall–Kier alpha value is -4.96. The second-order valence-electron chi connectivity index (χ2n) is 17.2. The van der Waals surface area contributed by atoms with E-state index in [1.807, 2.05) is 32.0 Å². The molecule has 6 aromatic rings. The number of fused-ring (bicyclic) bond motifs is 7. The first-order chi connectivity index (χ1) is 30.9. The summed E-state index contributed by atoms with van der Waals surface area (Å²) >= 11 is 16.1. The lowest BCUT2D eigenvalue weighted by molar-refractivity contribution is -0.145. The molecule has 0 unspecified atom stereocenters. The molecule has 10 rings (SSSR count). The predicted molar refractivity (Wildman–Crippen MR) is 246 cm³/mol. The zero-order valence-electron chi connectivity index (χ0n) is 35.9. The van der Waals surface area contributed by atoms with Crippen molar-refractivity contribution in [1.82, 2.24) is 29.7 Å². The summed E-state index contributed by atoms with van der Waals surface area (Å²) in [6, 6.07) is 13.8. The van der Waals surface area contributed by atoms with E-state index in [4.69, 9.17) is 42.4 Å². The maximum Gasteiger partial charge on any atom is 0.345 e. The number of carboxylic acid groups (broad SMARTS) is 1. The Bertz CT molecular complexity index is 2670. The van der Waals surface area contributed by atoms with Crippen LogP contribution in [0.15, 0.2) is 61.1 Å². The van der Waals surface area contributed by atoms with E-state index in [0.717, 1.165) is 55.9 Å². The number of aromatic nitrogens is 4. The van der Waals surface area contributed by atoms with E-state index < -0.39 is 17.5 Å². The van der Waals surface area contributed by atoms with E-state index >= 15 is 0 Å². The zero-order valence-corrected chi connectivity index (χ0v) is 38.2. The van der Waals surface area contributed by atoms with Gasteiger partial charge in [0.1, 0.15) is 41.3 Å². The molecule has 2 atom stereocenters. The molecular weight excluding hydrogens is 879 g/mol. The summed E-state index contributed by atoms with van der Waals surface area (Å²) < 4.78 is 34.3. The molecule has 2 fully saturated rings. The maximum atomic E-state index is 14.4. The van der Waals surface area contributed by atoms with Crippen molar-refractivity contribution in [3.8, 4) is 38.9 Å². The summed E-state index contributed by atoms with van der Waals surface area (Å²) in [6.07, 6.45) is 5.10. The van der Waals surface area contributed by atoms with Crippen LogP contribution < -0.4 is 14.2 Å². The Morgan fingerprint density at radius 1 is 0.984 bits per heavy atom. The van der Waals surface area contributed by atoms with Gasteiger partial charge in [-0.3, -0.25) is 4.90 Å². The van der Waals surface area contributed by atoms with Gasteiger partial charge in [-0.15, -0.1) is 11.3 Å². The highest BCUT2D eigenvalue weighted by Crippen LogP contribution is 2.53. The van der Waals surface area contributed by atoms with Gasteiger partial charge >= 0.3 is 5.97 Å². The largest absolute Gasteiger partial charge is 0.487 e. The normalized spacial score (nSPS) is 19.1. The molecule has 3 aromatic heterocycles. The molecular formula is C48H49Cl2FN6O6S. The van der Waals surface area contributed by atoms with E-state index in [1.165, 1.54) is 29.8 Å². The van der Waals surface area contributed by atoms with E-state index in [0.29, 0.717) is 96.0 Å². The SMILES string of the molecule is Cc1c(Cl)c2c(Cl)c(C)c1-c1c(-c3ccc(F)cc3)sc3ncnc(c13)O[C@@H](C(=O)O)Cc1cc(ccc1OCc1ccnc(C3(CO)CCC3)n1)CC[C@@H](CN1CCN(C)CC1)O2. The Balaban J connectivity index is 1.17. The number of aliphatic hydroxyl groups excluding tert-OH is 1. The predicted octanol–water partition coefficient (Wildman–Crippen LogP) is 8.89. The Morgan fingerprint density at radius 3 is 2.42 bits per heavy atom. The van der Waals surface area contributed by atoms with Crippen LogP contribution in [-0.4, -0.2) is 105 Å². The number of rotatable bonds is 9. The first kappa shape index (κ1) is 44.3. The molecule has 12 nitrogen and oxygen atoms in total. The van der Waals surface area contributed by atoms with Crippen LogP contribution >= 0.6 is 34.5 Å². The van der Waals surface area contributed by atoms with Crippen molar-refractivity contribution in [1.29, 1.82) is 0 Å². The monoisotopic (exact) mass is 926 g/mol. The van der Waals surface area contributed by atoms with Crippen LogP contribution in [0.2, 0.25) is 10.0 Å². The zero-order chi connectivity index (χ0) is 44.7. The van der Waals surface area contributed by atoms with E-state index in [-0.39, 0.29) is 37.4 Å². The van der Waals surface area contributed by atoms with Gasteiger partial charge in [0, 0.05) is 55.8 Å². The number of hydrogen-bond donors (Lipinski definition) is 2. The number of piperazine rings is 1. The fourth-order valence-electron chi connectivity index (χ4n) is 9.00. The van der Waals surface area contributed by atoms with Crippen LogP contribution in [0.5, 0.6) is 17.4 Å². The standard InChI is InChI=1S/C48H49Cl2FN6O6S/c1-27-37-28(2)41(50)42(40(27)49)62-34(23-57-19-17-56(3)18-20-57)11-5-29-6-12-35(61-24-33-13-16-52-47(55-33)48(25-58)14-4-15-48)31(21-29)22-36(46(59)60)63-44-39-38(37)43(64-45(39)54-26-53-44)30-7-9-32(51)10-8-30/h6-10,12-13,16,21,26,34,36,58H,4-5,11,14-15,17-20,22-25H2,1-3H3,(H,59,60)/t34-,36+/m0/s1. The number of halogens is 3. The van der Waals surface area contributed by atoms with Gasteiger partial charge < -0.3 is 29.3 Å². The van der Waals surface area contributed by atoms with Crippen LogP contribution in [0.25, 0.3) is 31.8 Å². The summed E-state index contributed by atoms with van der Waals surface area (Å²) in [5.74, 6) is -0.0552. The third-order valence-electron chi connectivity index (χ3n) is 13.0. The van der Waals surface area contributed by atoms with E-state index in [2.05, 4.69) is 31.8 Å². The number of carbonyl (C=O) groups is 1. The third kappa shape index (κ3) is 8.76. The number of aliphatic carboxylic acids is 1. The van der Waals surface area contributed by atoms with Crippen molar-refractivity contribution < 1.29 is 33.6 Å². The van der Waals surface area contributed by atoms with Crippen LogP contribution in [0.4, 0.5) is 4.39 Å². The van der Waals surface area contributed by atoms with Gasteiger partial charge in [-0.25, -0.2) is 29.1 Å². The average Bonchev–Trinajstić information content (AvgIpc) is 3.66. The Morgan fingerprint density at radius 2 is 1.73 bits per heavy atom. The molecule has 1 saturated carbocycles. The van der Waals surface area contributed by atoms with Gasteiger partial charge in [0.15, 0.2) is 5.75 Å². The number of likely N-dealkylation sites (N-methyl/N-ethyl adjacent to an activating group) is 1. The number of aliphatic hydroxyl groups is 1. The summed E-state index contributed by atoms with van der Waals surface area (Å²) in [5.41, 5.74) is 5.19. The highest BCUT2D eigenvalue weighted by molar-refractivity contribution is 7.22. The minimum atomic E-state index is -1.41. The molecule has 0 amide bonds. The molecule has 4 bridgehead atoms. The number of aryl methyl sites for hydroxylation is 1. The molecule has 334 valence electrons. The summed E-state index contributed by atoms with van der Waals surface area (Å²) in [5, 5.41) is 22.2. The van der Waals surface area contributed by atoms with E-state index in [1.54, 1.807) is 24.4 Å². The van der Waals surface area contributed by atoms with Gasteiger partial charge in [-0.1, -0.05) is 53.9 Å². The number of carboxylic acids is 1. The molecule has 0 spiro atoms. The summed E-state index contributed by atoms with van der Waals surface area (Å²) in [6.45, 7) is 8.19. The molecule has 16 heteroatoms. The van der Waals surface area contributed by atoms with Crippen LogP contribution in [-0.2, 0) is 29.7 Å². The van der Waals surface area contributed by atoms with Gasteiger partial charge in [-0.2, -0.15) is 0 Å². The van der Waals surface area contributed by atoms with Crippen molar-refractivity contribution in [2.75, 3.05) is 46.4 Å². The molecule has 3 aliphatic heterocycles. The number of ether oxygens (including phenoxy) is 3. The number of nitrogens with zero attached hydrogens (tertiary/aromatic N) is 6. The number of thiophene rings is 1. The second-order valence-corrected chi connectivity index (χ2v) is 18.9. The van der Waals surface area contributed by atoms with Gasteiger partial charge in [0.2, 0.25) is 12.0 Å². The molecule has 0 radical (unpaired) electrons. The molecule has 3 aromatic carbocycles. The lowest BCUT2D eigenvalue weighted by Gasteiger charge is -2.38. The molecule has 1 saturated heterocycles. The fourth-order valence-corrected chi connectivity index (χ4v) is 10.7. The minimum absolute atomic E-state index is 0.0230. The number of hydrogen-bond acceptors (Lipinski definition) is 12. The molecule has 4 aliphatic rings. The summed E-state index contributed by atoms with van der Waals surface area (Å²) in [7, 11) is 2.12. The first-order valence-corrected chi connectivity index (χ1v) is 23.2. The smallest absolute Gasteiger partial charge is 0.345 e. The average molecular weight is 928 g/mol. The van der Waals surface area contributed by atoms with Gasteiger partial charge in [0.25, 0.3) is 0 Å². The quantitative estimate of drug-likeness (QED) is 0.143. The van der Waals surface area contributed by atoms with Crippen molar-refractivity contribution >= 4 is 50.7 Å². The second kappa shape index (κ2) is 18.5. The highest BCUT2D eigenvalue weighted by atomic mass is 35.5. The van der Waals surface area contributed by atoms with Crippen LogP contribution in [0, 0.1) is 19.7 Å². The highest BCUT2D eigenvalue weighted by Gasteiger charge is 2.41. The molecule has 64 heavy (non-hydrogen) atoms. The summed E-state index contributed by atoms with van der Waals surface area (Å²) in [4.78, 5) is 37.8. The van der Waals surface area contributed by atoms with Crippen LogP contribution in [0.3, 0.4) is 0 Å². The lowest BCUT2D eigenvalue weighted by atomic mass is 9.69. The lowest BCUT2D eigenvalue weighted by Crippen LogP contribution is -2.48. The van der Waals surface area contributed by atoms with Crippen molar-refractivity contribution in [3.05, 3.63) is 111 Å². The van der Waals surface area contributed by atoms with Crippen molar-refractivity contribution in [2.45, 2.75) is 76.6 Å². The van der Waals surface area contributed by atoms with Gasteiger partial charge in [-0.05, 0) is 104 Å².